The van der Waals surface area contributed by atoms with Crippen molar-refractivity contribution in [3.05, 3.63) is 12.3 Å². The van der Waals surface area contributed by atoms with Crippen LogP contribution in [0.4, 0.5) is 0 Å². The highest BCUT2D eigenvalue weighted by atomic mass is 15.4. The number of hydrazone groups is 1. The third kappa shape index (κ3) is 4.13. The molecule has 0 aromatic rings. The lowest BCUT2D eigenvalue weighted by molar-refractivity contribution is 0.391. The van der Waals surface area contributed by atoms with E-state index in [4.69, 9.17) is 0 Å². The second-order valence-electron chi connectivity index (χ2n) is 2.14. The summed E-state index contributed by atoms with van der Waals surface area (Å²) in [5, 5.41) is 5.66. The van der Waals surface area contributed by atoms with Crippen molar-refractivity contribution in [2.75, 3.05) is 6.54 Å². The third-order valence-corrected chi connectivity index (χ3v) is 1.24. The van der Waals surface area contributed by atoms with Crippen molar-refractivity contribution in [3.8, 4) is 0 Å². The van der Waals surface area contributed by atoms with Gasteiger partial charge in [-0.15, -0.1) is 0 Å². The predicted molar refractivity (Wildman–Crippen MR) is 46.0 cm³/mol. The summed E-state index contributed by atoms with van der Waals surface area (Å²) in [6.07, 6.45) is 6.26. The van der Waals surface area contributed by atoms with Crippen LogP contribution in [0.5, 0.6) is 0 Å². The minimum atomic E-state index is 0.977. The first-order valence-electron chi connectivity index (χ1n) is 3.71. The van der Waals surface area contributed by atoms with E-state index in [0.717, 1.165) is 6.54 Å². The Hall–Kier alpha value is -0.790. The summed E-state index contributed by atoms with van der Waals surface area (Å²) in [5.41, 5.74) is 0. The van der Waals surface area contributed by atoms with Crippen LogP contribution < -0.4 is 0 Å². The van der Waals surface area contributed by atoms with Gasteiger partial charge in [0, 0.05) is 19.5 Å². The Morgan fingerprint density at radius 2 is 2.30 bits per heavy atom. The van der Waals surface area contributed by atoms with Crippen LogP contribution in [0, 0.1) is 0 Å². The molecule has 0 aliphatic carbocycles. The van der Waals surface area contributed by atoms with E-state index in [0.29, 0.717) is 0 Å². The number of hydrogen-bond acceptors (Lipinski definition) is 2. The van der Waals surface area contributed by atoms with Crippen LogP contribution in [0.3, 0.4) is 0 Å². The Balaban J connectivity index is 3.49. The normalized spacial score (nSPS) is 10.2. The Morgan fingerprint density at radius 3 is 2.70 bits per heavy atom. The lowest BCUT2D eigenvalue weighted by Crippen LogP contribution is -2.09. The average molecular weight is 140 g/mol. The van der Waals surface area contributed by atoms with Gasteiger partial charge in [0.05, 0.1) is 0 Å². The molecule has 2 heteroatoms. The molecule has 0 saturated carbocycles. The maximum absolute atomic E-state index is 3.81. The zero-order valence-corrected chi connectivity index (χ0v) is 6.88. The summed E-state index contributed by atoms with van der Waals surface area (Å²) in [6.45, 7) is 8.57. The molecule has 0 aromatic heterocycles. The minimum Gasteiger partial charge on any atom is -0.274 e. The van der Waals surface area contributed by atoms with Gasteiger partial charge in [-0.25, -0.2) is 0 Å². The number of rotatable bonds is 5. The Bertz CT molecular complexity index is 108. The molecule has 0 rings (SSSR count). The lowest BCUT2D eigenvalue weighted by atomic mass is 10.3. The lowest BCUT2D eigenvalue weighted by Gasteiger charge is -2.11. The Kier molecular flexibility index (Phi) is 5.83. The van der Waals surface area contributed by atoms with E-state index in [1.54, 1.807) is 0 Å². The van der Waals surface area contributed by atoms with E-state index in [2.05, 4.69) is 18.7 Å². The molecule has 10 heavy (non-hydrogen) atoms. The van der Waals surface area contributed by atoms with Gasteiger partial charge in [0.1, 0.15) is 0 Å². The quantitative estimate of drug-likeness (QED) is 0.422. The highest BCUT2D eigenvalue weighted by Crippen LogP contribution is 1.95. The number of allylic oxidation sites excluding steroid dienone is 1. The average Bonchev–Trinajstić information content (AvgIpc) is 1.98. The standard InChI is InChI=1S/C8H16N2/c1-4-6-8-10(9-3)7-5-2/h5,7H,3-4,6,8H2,1-2H3/b7-5-. The van der Waals surface area contributed by atoms with E-state index in [-0.39, 0.29) is 0 Å². The van der Waals surface area contributed by atoms with E-state index in [1.807, 2.05) is 24.2 Å². The summed E-state index contributed by atoms with van der Waals surface area (Å²) < 4.78 is 0. The van der Waals surface area contributed by atoms with E-state index >= 15 is 0 Å². The Morgan fingerprint density at radius 1 is 1.60 bits per heavy atom. The van der Waals surface area contributed by atoms with Crippen LogP contribution in [0.1, 0.15) is 26.7 Å². The molecule has 0 saturated heterocycles. The maximum Gasteiger partial charge on any atom is 0.0408 e. The van der Waals surface area contributed by atoms with Gasteiger partial charge in [-0.2, -0.15) is 5.10 Å². The molecule has 0 heterocycles. The molecule has 2 nitrogen and oxygen atoms in total. The summed E-state index contributed by atoms with van der Waals surface area (Å²) in [5.74, 6) is 0. The monoisotopic (exact) mass is 140 g/mol. The van der Waals surface area contributed by atoms with Crippen LogP contribution in [0.2, 0.25) is 0 Å². The van der Waals surface area contributed by atoms with Gasteiger partial charge >= 0.3 is 0 Å². The van der Waals surface area contributed by atoms with Gasteiger partial charge in [0.25, 0.3) is 0 Å². The van der Waals surface area contributed by atoms with Crippen molar-refractivity contribution in [3.63, 3.8) is 0 Å². The summed E-state index contributed by atoms with van der Waals surface area (Å²) in [4.78, 5) is 0. The number of hydrogen-bond donors (Lipinski definition) is 0. The Labute approximate surface area is 63.2 Å². The summed E-state index contributed by atoms with van der Waals surface area (Å²) in [6, 6.07) is 0. The molecule has 0 aliphatic heterocycles. The number of nitrogens with zero attached hydrogens (tertiary/aromatic N) is 2. The van der Waals surface area contributed by atoms with Gasteiger partial charge < -0.3 is 0 Å². The highest BCUT2D eigenvalue weighted by molar-refractivity contribution is 5.22. The highest BCUT2D eigenvalue weighted by Gasteiger charge is 1.90. The summed E-state index contributed by atoms with van der Waals surface area (Å²) >= 11 is 0. The van der Waals surface area contributed by atoms with Gasteiger partial charge in [-0.1, -0.05) is 19.4 Å². The maximum atomic E-state index is 3.81. The van der Waals surface area contributed by atoms with Crippen LogP contribution in [0.25, 0.3) is 0 Å². The third-order valence-electron chi connectivity index (χ3n) is 1.24. The van der Waals surface area contributed by atoms with Crippen LogP contribution >= 0.6 is 0 Å². The molecular formula is C8H16N2. The summed E-state index contributed by atoms with van der Waals surface area (Å²) in [7, 11) is 0. The zero-order chi connectivity index (χ0) is 7.82. The first kappa shape index (κ1) is 9.21. The molecule has 58 valence electrons. The molecule has 0 aromatic carbocycles. The van der Waals surface area contributed by atoms with E-state index in [9.17, 15) is 0 Å². The fourth-order valence-electron chi connectivity index (χ4n) is 0.685. The first-order valence-corrected chi connectivity index (χ1v) is 3.71. The molecule has 0 amide bonds. The van der Waals surface area contributed by atoms with Crippen LogP contribution in [-0.2, 0) is 0 Å². The van der Waals surface area contributed by atoms with Crippen molar-refractivity contribution in [1.82, 2.24) is 5.01 Å². The minimum absolute atomic E-state index is 0.977. The zero-order valence-electron chi connectivity index (χ0n) is 6.88. The van der Waals surface area contributed by atoms with Gasteiger partial charge in [-0.05, 0) is 13.3 Å². The fourth-order valence-corrected chi connectivity index (χ4v) is 0.685. The van der Waals surface area contributed by atoms with Gasteiger partial charge in [0.15, 0.2) is 0 Å². The molecule has 0 N–H and O–H groups in total. The van der Waals surface area contributed by atoms with Crippen molar-refractivity contribution in [2.45, 2.75) is 26.7 Å². The number of unbranched alkanes of at least 4 members (excludes halogenated alkanes) is 1. The molecular weight excluding hydrogens is 124 g/mol. The first-order chi connectivity index (χ1) is 4.85. The molecule has 0 bridgehead atoms. The largest absolute Gasteiger partial charge is 0.274 e. The van der Waals surface area contributed by atoms with Crippen molar-refractivity contribution < 1.29 is 0 Å². The van der Waals surface area contributed by atoms with Crippen molar-refractivity contribution in [2.24, 2.45) is 5.10 Å². The topological polar surface area (TPSA) is 15.6 Å². The molecule has 0 unspecified atom stereocenters. The SMILES string of the molecule is C=NN(/C=C\C)CCCC. The molecule has 0 spiro atoms. The van der Waals surface area contributed by atoms with Crippen molar-refractivity contribution in [1.29, 1.82) is 0 Å². The van der Waals surface area contributed by atoms with E-state index < -0.39 is 0 Å². The van der Waals surface area contributed by atoms with E-state index in [1.165, 1.54) is 12.8 Å². The molecule has 0 aliphatic rings. The molecule has 0 radical (unpaired) electrons. The fraction of sp³-hybridized carbons (Fsp3) is 0.625. The molecule has 0 atom stereocenters. The smallest absolute Gasteiger partial charge is 0.0408 e. The second kappa shape index (κ2) is 6.33. The van der Waals surface area contributed by atoms with Crippen LogP contribution in [-0.4, -0.2) is 18.3 Å². The molecule has 0 fully saturated rings. The van der Waals surface area contributed by atoms with Gasteiger partial charge in [0.2, 0.25) is 0 Å². The predicted octanol–water partition coefficient (Wildman–Crippen LogP) is 2.24. The van der Waals surface area contributed by atoms with Crippen LogP contribution in [0.15, 0.2) is 17.4 Å². The van der Waals surface area contributed by atoms with Crippen molar-refractivity contribution >= 4 is 6.72 Å². The van der Waals surface area contributed by atoms with Gasteiger partial charge in [-0.3, -0.25) is 5.01 Å². The second-order valence-corrected chi connectivity index (χ2v) is 2.14.